The Morgan fingerprint density at radius 3 is 1.57 bits per heavy atom. The van der Waals surface area contributed by atoms with Crippen LogP contribution in [0.4, 0.5) is 0 Å². The van der Waals surface area contributed by atoms with Crippen molar-refractivity contribution >= 4 is 0 Å². The molecule has 0 aliphatic rings. The van der Waals surface area contributed by atoms with Crippen LogP contribution in [0, 0.1) is 6.07 Å². The molecule has 0 heterocycles. The second-order valence-electron chi connectivity index (χ2n) is 1.08. The van der Waals surface area contributed by atoms with Crippen LogP contribution in [-0.2, 0) is 20.4 Å². The first-order valence-electron chi connectivity index (χ1n) is 1.91. The van der Waals surface area contributed by atoms with Crippen LogP contribution < -0.4 is 0 Å². The summed E-state index contributed by atoms with van der Waals surface area (Å²) < 4.78 is 0. The minimum absolute atomic E-state index is 0. The van der Waals surface area contributed by atoms with Crippen LogP contribution in [0.2, 0.25) is 0 Å². The second-order valence-corrected chi connectivity index (χ2v) is 1.08. The van der Waals surface area contributed by atoms with Crippen LogP contribution >= 0.6 is 0 Å². The van der Waals surface area contributed by atoms with E-state index >= 15 is 0 Å². The van der Waals surface area contributed by atoms with E-state index < -0.39 is 0 Å². The van der Waals surface area contributed by atoms with Gasteiger partial charge in [-0.05, 0) is 0 Å². The Labute approximate surface area is 57.2 Å². The van der Waals surface area contributed by atoms with Crippen LogP contribution in [-0.4, -0.2) is 0 Å². The van der Waals surface area contributed by atoms with Crippen molar-refractivity contribution in [2.75, 3.05) is 0 Å². The molecule has 7 heavy (non-hydrogen) atoms. The predicted molar refractivity (Wildman–Crippen MR) is 25.3 cm³/mol. The summed E-state index contributed by atoms with van der Waals surface area (Å²) in [7, 11) is 0. The molecule has 0 fully saturated rings. The van der Waals surface area contributed by atoms with Crippen molar-refractivity contribution in [1.82, 2.24) is 0 Å². The SMILES string of the molecule is [Re].[c-]1ccccc1. The fraction of sp³-hybridized carbons (Fsp3) is 0. The molecule has 1 aromatic carbocycles. The average Bonchev–Trinajstić information content (AvgIpc) is 1.72. The summed E-state index contributed by atoms with van der Waals surface area (Å²) in [6, 6.07) is 12.5. The summed E-state index contributed by atoms with van der Waals surface area (Å²) in [6.45, 7) is 0. The molecular formula is C6H5Re-. The van der Waals surface area contributed by atoms with E-state index in [2.05, 4.69) is 6.07 Å². The number of hydrogen-bond acceptors (Lipinski definition) is 0. The standard InChI is InChI=1S/C6H5.Re/c1-2-4-6-5-3-1;/h1-5H;/q-1;. The fourth-order valence-corrected chi connectivity index (χ4v) is 0.342. The monoisotopic (exact) mass is 264 g/mol. The Hall–Kier alpha value is -0.118. The number of rotatable bonds is 0. The molecule has 0 saturated heterocycles. The number of benzene rings is 1. The van der Waals surface area contributed by atoms with Gasteiger partial charge in [0.05, 0.1) is 0 Å². The first-order chi connectivity index (χ1) is 3.00. The minimum atomic E-state index is 0. The number of hydrogen-bond donors (Lipinski definition) is 0. The molecule has 0 amide bonds. The maximum Gasteiger partial charge on any atom is 0 e. The van der Waals surface area contributed by atoms with Crippen molar-refractivity contribution in [3.63, 3.8) is 0 Å². The third kappa shape index (κ3) is 2.56. The van der Waals surface area contributed by atoms with Crippen molar-refractivity contribution in [2.45, 2.75) is 0 Å². The van der Waals surface area contributed by atoms with Crippen LogP contribution in [0.1, 0.15) is 0 Å². The minimum Gasteiger partial charge on any atom is -0.184 e. The molecule has 0 unspecified atom stereocenters. The van der Waals surface area contributed by atoms with E-state index in [0.29, 0.717) is 0 Å². The van der Waals surface area contributed by atoms with Crippen LogP contribution in [0.15, 0.2) is 30.3 Å². The van der Waals surface area contributed by atoms with Crippen LogP contribution in [0.5, 0.6) is 0 Å². The summed E-state index contributed by atoms with van der Waals surface area (Å²) >= 11 is 0. The first-order valence-corrected chi connectivity index (χ1v) is 1.91. The summed E-state index contributed by atoms with van der Waals surface area (Å²) in [6.07, 6.45) is 0. The maximum absolute atomic E-state index is 2.89. The van der Waals surface area contributed by atoms with E-state index in [0.717, 1.165) is 0 Å². The molecule has 0 N–H and O–H groups in total. The molecule has 0 atom stereocenters. The van der Waals surface area contributed by atoms with Gasteiger partial charge in [0.25, 0.3) is 0 Å². The molecule has 37 valence electrons. The largest absolute Gasteiger partial charge is 0.184 e. The first kappa shape index (κ1) is 6.88. The molecule has 0 aliphatic carbocycles. The van der Waals surface area contributed by atoms with Crippen molar-refractivity contribution in [3.8, 4) is 0 Å². The Balaban J connectivity index is 0.000000360. The molecular weight excluding hydrogens is 258 g/mol. The third-order valence-corrected chi connectivity index (χ3v) is 0.607. The molecule has 0 bridgehead atoms. The van der Waals surface area contributed by atoms with E-state index in [1.165, 1.54) is 0 Å². The zero-order valence-electron chi connectivity index (χ0n) is 3.76. The van der Waals surface area contributed by atoms with E-state index in [9.17, 15) is 0 Å². The van der Waals surface area contributed by atoms with Gasteiger partial charge in [-0.2, -0.15) is 36.4 Å². The van der Waals surface area contributed by atoms with E-state index in [1.54, 1.807) is 0 Å². The van der Waals surface area contributed by atoms with Gasteiger partial charge >= 0.3 is 0 Å². The quantitative estimate of drug-likeness (QED) is 0.622. The Bertz CT molecular complexity index is 76.1. The van der Waals surface area contributed by atoms with Gasteiger partial charge in [-0.3, -0.25) is 0 Å². The van der Waals surface area contributed by atoms with E-state index in [-0.39, 0.29) is 20.4 Å². The van der Waals surface area contributed by atoms with Gasteiger partial charge in [-0.1, -0.05) is 0 Å². The van der Waals surface area contributed by atoms with Gasteiger partial charge in [0, 0.05) is 20.4 Å². The zero-order valence-corrected chi connectivity index (χ0v) is 6.48. The molecule has 0 aromatic heterocycles. The maximum atomic E-state index is 2.89. The van der Waals surface area contributed by atoms with Gasteiger partial charge in [0.15, 0.2) is 0 Å². The Morgan fingerprint density at radius 1 is 0.857 bits per heavy atom. The molecule has 1 radical (unpaired) electrons. The van der Waals surface area contributed by atoms with E-state index in [1.807, 2.05) is 30.3 Å². The van der Waals surface area contributed by atoms with Crippen molar-refractivity contribution in [1.29, 1.82) is 0 Å². The van der Waals surface area contributed by atoms with Gasteiger partial charge in [0.2, 0.25) is 0 Å². The Morgan fingerprint density at radius 2 is 1.43 bits per heavy atom. The Kier molecular flexibility index (Phi) is 3.98. The summed E-state index contributed by atoms with van der Waals surface area (Å²) in [5.74, 6) is 0. The van der Waals surface area contributed by atoms with Crippen molar-refractivity contribution in [2.24, 2.45) is 0 Å². The predicted octanol–water partition coefficient (Wildman–Crippen LogP) is 1.48. The van der Waals surface area contributed by atoms with Crippen LogP contribution in [0.25, 0.3) is 0 Å². The summed E-state index contributed by atoms with van der Waals surface area (Å²) in [5.41, 5.74) is 0. The smallest absolute Gasteiger partial charge is 0 e. The third-order valence-electron chi connectivity index (χ3n) is 0.607. The molecule has 1 heteroatoms. The van der Waals surface area contributed by atoms with Crippen LogP contribution in [0.3, 0.4) is 0 Å². The van der Waals surface area contributed by atoms with Gasteiger partial charge < -0.3 is 0 Å². The van der Waals surface area contributed by atoms with Crippen molar-refractivity contribution in [3.05, 3.63) is 36.4 Å². The summed E-state index contributed by atoms with van der Waals surface area (Å²) in [4.78, 5) is 0. The molecule has 0 nitrogen and oxygen atoms in total. The second kappa shape index (κ2) is 4.05. The van der Waals surface area contributed by atoms with E-state index in [4.69, 9.17) is 0 Å². The van der Waals surface area contributed by atoms with Gasteiger partial charge in [-0.25, -0.2) is 0 Å². The zero-order chi connectivity index (χ0) is 4.24. The topological polar surface area (TPSA) is 0 Å². The molecule has 0 aliphatic heterocycles. The molecule has 0 saturated carbocycles. The summed E-state index contributed by atoms with van der Waals surface area (Å²) in [5, 5.41) is 0. The normalized spacial score (nSPS) is 6.86. The average molecular weight is 263 g/mol. The molecule has 1 rings (SSSR count). The van der Waals surface area contributed by atoms with Gasteiger partial charge in [0.1, 0.15) is 0 Å². The molecule has 0 spiro atoms. The fourth-order valence-electron chi connectivity index (χ4n) is 0.342. The molecule has 1 aromatic rings. The van der Waals surface area contributed by atoms with Gasteiger partial charge in [-0.15, -0.1) is 0 Å². The van der Waals surface area contributed by atoms with Crippen molar-refractivity contribution < 1.29 is 20.4 Å².